The van der Waals surface area contributed by atoms with Crippen molar-refractivity contribution < 1.29 is 48.6 Å². The predicted octanol–water partition coefficient (Wildman–Crippen LogP) is 7.21. The standard InChI is InChI=1S/C22H22N3.C22H21N3.HI.Ir/c2*1-16(2)24-15-25(18-10-5-4-6-11-18)22-21(24)14-13-20(23-22)19-12-8-7-9-17(19)3;;/h4-16H,1-3H3;4-10,12-16H,1-3H3;1H;/q+1;-2;;/p-1. The number of aryl methyl sites for hydroxylation is 2. The maximum Gasteiger partial charge on any atom is 0.274 e. The zero-order valence-corrected chi connectivity index (χ0v) is 34.9. The Balaban J connectivity index is 0.000000194. The number of pyridine rings is 2. The smallest absolute Gasteiger partial charge is 0.274 e. The Bertz CT molecular complexity index is 2250. The first-order valence-electron chi connectivity index (χ1n) is 17.3. The second kappa shape index (κ2) is 17.0. The number of halogens is 1. The van der Waals surface area contributed by atoms with Crippen LogP contribution in [0.25, 0.3) is 39.4 Å². The average molecular weight is 975 g/mol. The maximum absolute atomic E-state index is 5.03. The van der Waals surface area contributed by atoms with Gasteiger partial charge in [0.1, 0.15) is 11.5 Å². The molecule has 0 fully saturated rings. The molecule has 8 rings (SSSR count). The molecule has 0 saturated carbocycles. The molecule has 0 spiro atoms. The zero-order valence-electron chi connectivity index (χ0n) is 30.3. The van der Waals surface area contributed by atoms with Gasteiger partial charge in [0.15, 0.2) is 5.52 Å². The third kappa shape index (κ3) is 7.85. The fourth-order valence-electron chi connectivity index (χ4n) is 6.45. The van der Waals surface area contributed by atoms with Gasteiger partial charge in [-0.2, -0.15) is 34.9 Å². The Kier molecular flexibility index (Phi) is 12.7. The van der Waals surface area contributed by atoms with Crippen molar-refractivity contribution in [2.45, 2.75) is 53.6 Å². The van der Waals surface area contributed by atoms with Crippen LogP contribution in [-0.2, 0) is 20.1 Å². The van der Waals surface area contributed by atoms with Crippen LogP contribution < -0.4 is 38.3 Å². The Morgan fingerprint density at radius 2 is 1.27 bits per heavy atom. The molecule has 4 heterocycles. The molecule has 3 aromatic heterocycles. The maximum atomic E-state index is 5.03. The Morgan fingerprint density at radius 3 is 1.87 bits per heavy atom. The van der Waals surface area contributed by atoms with Crippen LogP contribution in [0.2, 0.25) is 0 Å². The number of fused-ring (bicyclic) bond motifs is 2. The largest absolute Gasteiger partial charge is 1.00 e. The van der Waals surface area contributed by atoms with Crippen LogP contribution in [0.15, 0.2) is 134 Å². The first-order chi connectivity index (χ1) is 24.3. The second-order valence-corrected chi connectivity index (χ2v) is 13.3. The third-order valence-electron chi connectivity index (χ3n) is 9.14. The molecule has 52 heavy (non-hydrogen) atoms. The minimum atomic E-state index is 0. The molecule has 4 aromatic carbocycles. The van der Waals surface area contributed by atoms with E-state index in [0.29, 0.717) is 12.1 Å². The summed E-state index contributed by atoms with van der Waals surface area (Å²) < 4.78 is 4.45. The molecule has 0 bridgehead atoms. The van der Waals surface area contributed by atoms with Gasteiger partial charge in [-0.15, -0.1) is 12.4 Å². The van der Waals surface area contributed by atoms with Gasteiger partial charge in [0.2, 0.25) is 0 Å². The van der Waals surface area contributed by atoms with Gasteiger partial charge in [0, 0.05) is 36.9 Å². The summed E-state index contributed by atoms with van der Waals surface area (Å²) in [6.45, 7) is 15.1. The summed E-state index contributed by atoms with van der Waals surface area (Å²) in [4.78, 5) is 14.4. The van der Waals surface area contributed by atoms with Gasteiger partial charge in [0.25, 0.3) is 12.0 Å². The number of hydrogen-bond acceptors (Lipinski definition) is 4. The number of rotatable bonds is 6. The number of para-hydroxylation sites is 2. The van der Waals surface area contributed by atoms with E-state index in [1.165, 1.54) is 22.3 Å². The van der Waals surface area contributed by atoms with E-state index in [1.807, 2.05) is 24.3 Å². The van der Waals surface area contributed by atoms with Crippen LogP contribution in [0.3, 0.4) is 0 Å². The fraction of sp³-hybridized carbons (Fsp3) is 0.182. The summed E-state index contributed by atoms with van der Waals surface area (Å²) in [6.07, 6.45) is 2.15. The van der Waals surface area contributed by atoms with Crippen molar-refractivity contribution >= 4 is 28.4 Å². The molecular weight excluding hydrogens is 932 g/mol. The van der Waals surface area contributed by atoms with Crippen molar-refractivity contribution in [2.24, 2.45) is 0 Å². The molecule has 0 atom stereocenters. The molecule has 0 amide bonds. The Morgan fingerprint density at radius 1 is 0.673 bits per heavy atom. The van der Waals surface area contributed by atoms with Crippen LogP contribution in [-0.4, -0.2) is 20.6 Å². The van der Waals surface area contributed by atoms with Crippen molar-refractivity contribution in [1.29, 1.82) is 0 Å². The summed E-state index contributed by atoms with van der Waals surface area (Å²) >= 11 is 0. The van der Waals surface area contributed by atoms with E-state index in [1.54, 1.807) is 0 Å². The van der Waals surface area contributed by atoms with E-state index in [9.17, 15) is 0 Å². The SMILES string of the molecule is Cc1ccccc1-c1ccc2c(n1)N(c1[c-]cccc1)[CH-]N2C(C)C.Cc1ccccc1-c1ccc2c(n1)n(-c1ccccc1)c[n+]2C(C)C.[I-].[Ir]. The molecule has 267 valence electrons. The molecule has 0 saturated heterocycles. The van der Waals surface area contributed by atoms with Crippen molar-refractivity contribution in [3.05, 3.63) is 158 Å². The molecule has 0 aliphatic carbocycles. The van der Waals surface area contributed by atoms with Crippen LogP contribution in [0.5, 0.6) is 0 Å². The van der Waals surface area contributed by atoms with Crippen molar-refractivity contribution in [3.8, 4) is 28.2 Å². The average Bonchev–Trinajstić information content (AvgIpc) is 3.72. The van der Waals surface area contributed by atoms with Gasteiger partial charge in [-0.3, -0.25) is 0 Å². The van der Waals surface area contributed by atoms with Crippen LogP contribution in [0.1, 0.15) is 44.9 Å². The molecule has 6 nitrogen and oxygen atoms in total. The van der Waals surface area contributed by atoms with Gasteiger partial charge in [0.05, 0.1) is 17.4 Å². The van der Waals surface area contributed by atoms with Crippen LogP contribution in [0.4, 0.5) is 17.2 Å². The quantitative estimate of drug-likeness (QED) is 0.101. The van der Waals surface area contributed by atoms with E-state index in [2.05, 4.69) is 183 Å². The first kappa shape index (κ1) is 38.9. The second-order valence-electron chi connectivity index (χ2n) is 13.3. The van der Waals surface area contributed by atoms with Gasteiger partial charge in [-0.1, -0.05) is 66.7 Å². The summed E-state index contributed by atoms with van der Waals surface area (Å²) in [7, 11) is 0. The number of anilines is 3. The van der Waals surface area contributed by atoms with Crippen molar-refractivity contribution in [2.75, 3.05) is 9.80 Å². The zero-order chi connectivity index (χ0) is 34.8. The number of benzene rings is 4. The van der Waals surface area contributed by atoms with Crippen molar-refractivity contribution in [1.82, 2.24) is 14.5 Å². The molecule has 1 aliphatic rings. The molecule has 0 N–H and O–H groups in total. The van der Waals surface area contributed by atoms with Gasteiger partial charge in [-0.25, -0.2) is 14.5 Å². The number of nitrogens with zero attached hydrogens (tertiary/aromatic N) is 6. The van der Waals surface area contributed by atoms with E-state index in [-0.39, 0.29) is 44.1 Å². The topological polar surface area (TPSA) is 41.1 Å². The number of hydrogen-bond donors (Lipinski definition) is 0. The number of aromatic nitrogens is 4. The Hall–Kier alpha value is -4.37. The van der Waals surface area contributed by atoms with Crippen LogP contribution in [0, 0.1) is 26.6 Å². The molecule has 1 aliphatic heterocycles. The van der Waals surface area contributed by atoms with E-state index >= 15 is 0 Å². The van der Waals surface area contributed by atoms with Crippen LogP contribution >= 0.6 is 0 Å². The third-order valence-corrected chi connectivity index (χ3v) is 9.14. The summed E-state index contributed by atoms with van der Waals surface area (Å²) in [5.41, 5.74) is 12.2. The minimum absolute atomic E-state index is 0. The molecule has 1 radical (unpaired) electrons. The summed E-state index contributed by atoms with van der Waals surface area (Å²) in [6, 6.07) is 47.8. The van der Waals surface area contributed by atoms with E-state index in [0.717, 1.165) is 45.4 Å². The normalized spacial score (nSPS) is 11.9. The van der Waals surface area contributed by atoms with Crippen molar-refractivity contribution in [3.63, 3.8) is 0 Å². The van der Waals surface area contributed by atoms with E-state index in [4.69, 9.17) is 9.97 Å². The van der Waals surface area contributed by atoms with Gasteiger partial charge < -0.3 is 33.8 Å². The minimum Gasteiger partial charge on any atom is -1.00 e. The molecule has 7 aromatic rings. The summed E-state index contributed by atoms with van der Waals surface area (Å²) in [5, 5.41) is 0. The van der Waals surface area contributed by atoms with E-state index < -0.39 is 0 Å². The Labute approximate surface area is 338 Å². The molecule has 8 heteroatoms. The monoisotopic (exact) mass is 975 g/mol. The predicted molar refractivity (Wildman–Crippen MR) is 206 cm³/mol. The number of imidazole rings is 1. The molecule has 0 unspecified atom stereocenters. The summed E-state index contributed by atoms with van der Waals surface area (Å²) in [5.74, 6) is 0.955. The van der Waals surface area contributed by atoms with Gasteiger partial charge in [-0.05, 0) is 95.1 Å². The molecular formula is C44H43IIrN6-2. The van der Waals surface area contributed by atoms with Gasteiger partial charge >= 0.3 is 0 Å². The first-order valence-corrected chi connectivity index (χ1v) is 17.3. The fourth-order valence-corrected chi connectivity index (χ4v) is 6.45.